The average Bonchev–Trinajstić information content (AvgIpc) is 2.65. The van der Waals surface area contributed by atoms with Gasteiger partial charge in [-0.3, -0.25) is 15.1 Å². The third kappa shape index (κ3) is 4.42. The van der Waals surface area contributed by atoms with E-state index in [2.05, 4.69) is 15.6 Å². The van der Waals surface area contributed by atoms with E-state index in [1.165, 1.54) is 18.2 Å². The molecule has 2 bridgehead atoms. The lowest BCUT2D eigenvalue weighted by atomic mass is 9.44. The molecule has 3 fully saturated rings. The number of pyridine rings is 1. The van der Waals surface area contributed by atoms with Crippen molar-refractivity contribution < 1.29 is 19.0 Å². The highest BCUT2D eigenvalue weighted by molar-refractivity contribution is 6.30. The number of nitrogens with one attached hydrogen (secondary N) is 2. The molecule has 152 valence electrons. The number of carbonyl (C=O) groups is 1. The zero-order valence-electron chi connectivity index (χ0n) is 15.6. The van der Waals surface area contributed by atoms with Gasteiger partial charge in [0.15, 0.2) is 0 Å². The molecule has 0 saturated heterocycles. The quantitative estimate of drug-likeness (QED) is 0.454. The number of hydrogen-bond donors (Lipinski definition) is 3. The van der Waals surface area contributed by atoms with Crippen LogP contribution in [-0.4, -0.2) is 39.9 Å². The van der Waals surface area contributed by atoms with Crippen molar-refractivity contribution in [2.24, 2.45) is 0 Å². The Labute approximate surface area is 172 Å². The Morgan fingerprint density at radius 3 is 2.83 bits per heavy atom. The molecule has 1 amide bonds. The van der Waals surface area contributed by atoms with E-state index in [0.717, 1.165) is 24.8 Å². The Morgan fingerprint density at radius 2 is 2.14 bits per heavy atom. The molecule has 0 radical (unpaired) electrons. The van der Waals surface area contributed by atoms with Crippen molar-refractivity contribution in [1.82, 2.24) is 15.6 Å². The molecule has 1 unspecified atom stereocenters. The molecular formula is C21H21ClFN3O3. The fourth-order valence-corrected chi connectivity index (χ4v) is 4.28. The maximum Gasteiger partial charge on any atom is 0.244 e. The summed E-state index contributed by atoms with van der Waals surface area (Å²) in [4.78, 5) is 16.1. The molecule has 1 atom stereocenters. The molecule has 1 aromatic heterocycles. The fraction of sp³-hybridized carbons (Fsp3) is 0.333. The fourth-order valence-electron chi connectivity index (χ4n) is 4.16. The molecule has 3 N–H and O–H groups in total. The van der Waals surface area contributed by atoms with Gasteiger partial charge in [0.1, 0.15) is 24.4 Å². The minimum absolute atomic E-state index is 0.0178. The van der Waals surface area contributed by atoms with Gasteiger partial charge < -0.3 is 15.2 Å². The number of aliphatic hydroxyl groups is 1. The number of ether oxygens (including phenoxy) is 1. The SMILES string of the molecule is O=C(/C=C/c1cccnc1)NC12CC(NC(O)COc3ccc(Cl)c(F)c3)(C1)C2. The maximum atomic E-state index is 13.4. The molecule has 1 heterocycles. The zero-order valence-corrected chi connectivity index (χ0v) is 16.3. The van der Waals surface area contributed by atoms with Crippen molar-refractivity contribution in [1.29, 1.82) is 0 Å². The van der Waals surface area contributed by atoms with Crippen molar-refractivity contribution >= 4 is 23.6 Å². The number of nitrogens with zero attached hydrogens (tertiary/aromatic N) is 1. The van der Waals surface area contributed by atoms with Crippen LogP contribution in [0.25, 0.3) is 6.08 Å². The van der Waals surface area contributed by atoms with E-state index in [9.17, 15) is 14.3 Å². The van der Waals surface area contributed by atoms with Crippen LogP contribution in [0.5, 0.6) is 5.75 Å². The smallest absolute Gasteiger partial charge is 0.244 e. The van der Waals surface area contributed by atoms with Crippen LogP contribution in [0.4, 0.5) is 4.39 Å². The van der Waals surface area contributed by atoms with E-state index in [1.54, 1.807) is 24.5 Å². The Bertz CT molecular complexity index is 918. The van der Waals surface area contributed by atoms with Crippen LogP contribution >= 0.6 is 11.6 Å². The summed E-state index contributed by atoms with van der Waals surface area (Å²) >= 11 is 5.63. The molecule has 1 aromatic carbocycles. The Morgan fingerprint density at radius 1 is 1.34 bits per heavy atom. The third-order valence-corrected chi connectivity index (χ3v) is 5.61. The van der Waals surface area contributed by atoms with Crippen molar-refractivity contribution in [3.63, 3.8) is 0 Å². The van der Waals surface area contributed by atoms with Gasteiger partial charge in [0.25, 0.3) is 0 Å². The number of aliphatic hydroxyl groups excluding tert-OH is 1. The molecule has 29 heavy (non-hydrogen) atoms. The van der Waals surface area contributed by atoms with Crippen molar-refractivity contribution in [3.05, 3.63) is 65.2 Å². The van der Waals surface area contributed by atoms with Gasteiger partial charge in [-0.2, -0.15) is 0 Å². The molecule has 8 heteroatoms. The largest absolute Gasteiger partial charge is 0.489 e. The van der Waals surface area contributed by atoms with E-state index < -0.39 is 12.0 Å². The van der Waals surface area contributed by atoms with Crippen LogP contribution in [0.3, 0.4) is 0 Å². The highest BCUT2D eigenvalue weighted by Crippen LogP contribution is 2.60. The third-order valence-electron chi connectivity index (χ3n) is 5.30. The predicted octanol–water partition coefficient (Wildman–Crippen LogP) is 2.67. The van der Waals surface area contributed by atoms with Crippen LogP contribution in [0.2, 0.25) is 5.02 Å². The number of hydrogen-bond acceptors (Lipinski definition) is 5. The average molecular weight is 418 g/mol. The minimum Gasteiger partial charge on any atom is -0.489 e. The lowest BCUT2D eigenvalue weighted by molar-refractivity contribution is -0.147. The van der Waals surface area contributed by atoms with Gasteiger partial charge in [-0.15, -0.1) is 0 Å². The summed E-state index contributed by atoms with van der Waals surface area (Å²) in [6.45, 7) is -0.0178. The monoisotopic (exact) mass is 417 g/mol. The molecule has 3 saturated carbocycles. The van der Waals surface area contributed by atoms with Crippen LogP contribution in [0, 0.1) is 5.82 Å². The van der Waals surface area contributed by atoms with Gasteiger partial charge in [-0.05, 0) is 49.1 Å². The number of aromatic nitrogens is 1. The summed E-state index contributed by atoms with van der Waals surface area (Å²) in [5.41, 5.74) is 0.472. The van der Waals surface area contributed by atoms with E-state index >= 15 is 0 Å². The lowest BCUT2D eigenvalue weighted by Crippen LogP contribution is -2.84. The van der Waals surface area contributed by atoms with E-state index in [4.69, 9.17) is 16.3 Å². The van der Waals surface area contributed by atoms with Crippen LogP contribution < -0.4 is 15.4 Å². The van der Waals surface area contributed by atoms with Gasteiger partial charge in [0, 0.05) is 35.6 Å². The maximum absolute atomic E-state index is 13.4. The van der Waals surface area contributed by atoms with Gasteiger partial charge in [-0.1, -0.05) is 17.7 Å². The van der Waals surface area contributed by atoms with Crippen molar-refractivity contribution in [2.45, 2.75) is 36.6 Å². The summed E-state index contributed by atoms with van der Waals surface area (Å²) in [6, 6.07) is 7.82. The molecule has 3 aliphatic rings. The minimum atomic E-state index is -0.895. The summed E-state index contributed by atoms with van der Waals surface area (Å²) < 4.78 is 18.8. The molecule has 6 nitrogen and oxygen atoms in total. The Kier molecular flexibility index (Phi) is 5.29. The lowest BCUT2D eigenvalue weighted by Gasteiger charge is -2.71. The van der Waals surface area contributed by atoms with Gasteiger partial charge >= 0.3 is 0 Å². The van der Waals surface area contributed by atoms with Crippen LogP contribution in [0.1, 0.15) is 24.8 Å². The first-order chi connectivity index (χ1) is 13.9. The first-order valence-corrected chi connectivity index (χ1v) is 9.69. The molecular weight excluding hydrogens is 397 g/mol. The number of rotatable bonds is 8. The van der Waals surface area contributed by atoms with Gasteiger partial charge in [-0.25, -0.2) is 4.39 Å². The molecule has 0 aliphatic heterocycles. The van der Waals surface area contributed by atoms with Gasteiger partial charge in [0.05, 0.1) is 5.02 Å². The zero-order chi connectivity index (χ0) is 20.5. The normalized spacial score (nSPS) is 25.8. The second kappa shape index (κ2) is 7.74. The highest BCUT2D eigenvalue weighted by atomic mass is 35.5. The number of benzene rings is 1. The van der Waals surface area contributed by atoms with E-state index in [0.29, 0.717) is 5.75 Å². The molecule has 5 rings (SSSR count). The Hall–Kier alpha value is -2.48. The molecule has 2 aromatic rings. The number of halogens is 2. The van der Waals surface area contributed by atoms with E-state index in [1.807, 2.05) is 12.1 Å². The summed E-state index contributed by atoms with van der Waals surface area (Å²) in [6.07, 6.45) is 7.95. The summed E-state index contributed by atoms with van der Waals surface area (Å²) in [7, 11) is 0. The standard InChI is InChI=1S/C21H21ClFN3O3/c22-16-5-4-15(8-17(16)23)29-10-19(28)26-21-11-20(12-21,13-21)25-18(27)6-3-14-2-1-7-24-9-14/h1-9,19,26,28H,10-13H2,(H,25,27)/b6-3+. The summed E-state index contributed by atoms with van der Waals surface area (Å²) in [5, 5.41) is 16.4. The first kappa shape index (κ1) is 19.8. The predicted molar refractivity (Wildman–Crippen MR) is 107 cm³/mol. The number of carbonyl (C=O) groups excluding carboxylic acids is 1. The number of amides is 1. The van der Waals surface area contributed by atoms with Crippen LogP contribution in [-0.2, 0) is 4.79 Å². The summed E-state index contributed by atoms with van der Waals surface area (Å²) in [5.74, 6) is -0.411. The van der Waals surface area contributed by atoms with E-state index in [-0.39, 0.29) is 28.6 Å². The second-order valence-corrected chi connectivity index (χ2v) is 8.15. The van der Waals surface area contributed by atoms with Gasteiger partial charge in [0.2, 0.25) is 5.91 Å². The molecule has 3 aliphatic carbocycles. The Balaban J connectivity index is 1.20. The highest BCUT2D eigenvalue weighted by Gasteiger charge is 2.68. The van der Waals surface area contributed by atoms with Crippen LogP contribution in [0.15, 0.2) is 48.8 Å². The molecule has 0 spiro atoms. The van der Waals surface area contributed by atoms with Crippen molar-refractivity contribution in [2.75, 3.05) is 6.61 Å². The topological polar surface area (TPSA) is 83.5 Å². The second-order valence-electron chi connectivity index (χ2n) is 7.75. The van der Waals surface area contributed by atoms with Crippen molar-refractivity contribution in [3.8, 4) is 5.75 Å². The first-order valence-electron chi connectivity index (χ1n) is 9.31.